The van der Waals surface area contributed by atoms with Gasteiger partial charge in [-0.15, -0.1) is 0 Å². The molecule has 0 aliphatic carbocycles. The Kier molecular flexibility index (Phi) is 5.87. The van der Waals surface area contributed by atoms with E-state index in [1.807, 2.05) is 37.3 Å². The average Bonchev–Trinajstić information content (AvgIpc) is 2.42. The van der Waals surface area contributed by atoms with Crippen molar-refractivity contribution in [2.75, 3.05) is 19.7 Å². The first-order valence-corrected chi connectivity index (χ1v) is 5.87. The van der Waals surface area contributed by atoms with Crippen LogP contribution in [0.25, 0.3) is 0 Å². The second-order valence-corrected chi connectivity index (χ2v) is 4.00. The van der Waals surface area contributed by atoms with Crippen LogP contribution in [-0.2, 0) is 9.59 Å². The van der Waals surface area contributed by atoms with E-state index in [2.05, 4.69) is 10.6 Å². The molecule has 0 saturated carbocycles. The van der Waals surface area contributed by atoms with Crippen molar-refractivity contribution in [3.8, 4) is 0 Å². The van der Waals surface area contributed by atoms with Crippen LogP contribution in [0.3, 0.4) is 0 Å². The highest BCUT2D eigenvalue weighted by Crippen LogP contribution is 2.12. The Bertz CT molecular complexity index is 392. The molecule has 1 aromatic rings. The molecule has 0 aliphatic rings. The van der Waals surface area contributed by atoms with E-state index in [1.54, 1.807) is 0 Å². The van der Waals surface area contributed by atoms with Gasteiger partial charge in [0.05, 0.1) is 6.61 Å². The highest BCUT2D eigenvalue weighted by molar-refractivity contribution is 6.35. The molecule has 1 atom stereocenters. The predicted octanol–water partition coefficient (Wildman–Crippen LogP) is 0.0148. The van der Waals surface area contributed by atoms with Crippen LogP contribution >= 0.6 is 0 Å². The normalized spacial score (nSPS) is 11.7. The van der Waals surface area contributed by atoms with Crippen molar-refractivity contribution in [2.24, 2.45) is 0 Å². The number of nitrogens with one attached hydrogen (secondary N) is 2. The lowest BCUT2D eigenvalue weighted by molar-refractivity contribution is -0.139. The fourth-order valence-electron chi connectivity index (χ4n) is 1.48. The van der Waals surface area contributed by atoms with E-state index in [9.17, 15) is 9.59 Å². The van der Waals surface area contributed by atoms with Crippen molar-refractivity contribution in [1.82, 2.24) is 10.6 Å². The second-order valence-electron chi connectivity index (χ2n) is 4.00. The van der Waals surface area contributed by atoms with Gasteiger partial charge in [-0.2, -0.15) is 0 Å². The SMILES string of the molecule is C[C@H](CNC(=O)C(=O)NCCO)c1ccccc1. The first kappa shape index (κ1) is 14.2. The van der Waals surface area contributed by atoms with E-state index >= 15 is 0 Å². The van der Waals surface area contributed by atoms with Crippen LogP contribution in [-0.4, -0.2) is 36.6 Å². The molecular weight excluding hydrogens is 232 g/mol. The van der Waals surface area contributed by atoms with Gasteiger partial charge >= 0.3 is 11.8 Å². The number of hydrogen-bond donors (Lipinski definition) is 3. The maximum atomic E-state index is 11.4. The first-order valence-electron chi connectivity index (χ1n) is 5.87. The molecular formula is C13H18N2O3. The Hall–Kier alpha value is -1.88. The number of rotatable bonds is 5. The van der Waals surface area contributed by atoms with Gasteiger partial charge in [-0.3, -0.25) is 9.59 Å². The smallest absolute Gasteiger partial charge is 0.309 e. The quantitative estimate of drug-likeness (QED) is 0.644. The van der Waals surface area contributed by atoms with Crippen LogP contribution < -0.4 is 10.6 Å². The largest absolute Gasteiger partial charge is 0.395 e. The molecule has 0 aromatic heterocycles. The van der Waals surface area contributed by atoms with Crippen LogP contribution in [0.1, 0.15) is 18.4 Å². The average molecular weight is 250 g/mol. The molecule has 0 heterocycles. The van der Waals surface area contributed by atoms with Crippen molar-refractivity contribution in [1.29, 1.82) is 0 Å². The van der Waals surface area contributed by atoms with Crippen LogP contribution in [0.2, 0.25) is 0 Å². The molecule has 1 aromatic carbocycles. The minimum atomic E-state index is -0.718. The van der Waals surface area contributed by atoms with Crippen LogP contribution in [0.5, 0.6) is 0 Å². The molecule has 2 amide bonds. The van der Waals surface area contributed by atoms with Gasteiger partial charge in [-0.05, 0) is 11.5 Å². The van der Waals surface area contributed by atoms with E-state index in [4.69, 9.17) is 5.11 Å². The zero-order valence-electron chi connectivity index (χ0n) is 10.3. The Morgan fingerprint density at radius 3 is 2.39 bits per heavy atom. The van der Waals surface area contributed by atoms with Gasteiger partial charge in [0.15, 0.2) is 0 Å². The van der Waals surface area contributed by atoms with Gasteiger partial charge in [0, 0.05) is 13.1 Å². The van der Waals surface area contributed by atoms with Gasteiger partial charge in [0.2, 0.25) is 0 Å². The first-order chi connectivity index (χ1) is 8.65. The molecule has 0 bridgehead atoms. The molecule has 0 radical (unpaired) electrons. The molecule has 0 saturated heterocycles. The number of amides is 2. The van der Waals surface area contributed by atoms with Gasteiger partial charge in [0.1, 0.15) is 0 Å². The third kappa shape index (κ3) is 4.55. The van der Waals surface area contributed by atoms with E-state index in [-0.39, 0.29) is 19.1 Å². The summed E-state index contributed by atoms with van der Waals surface area (Å²) in [6, 6.07) is 9.74. The zero-order chi connectivity index (χ0) is 13.4. The number of aliphatic hydroxyl groups is 1. The summed E-state index contributed by atoms with van der Waals surface area (Å²) in [4.78, 5) is 22.6. The molecule has 0 unspecified atom stereocenters. The number of aliphatic hydroxyl groups excluding tert-OH is 1. The summed E-state index contributed by atoms with van der Waals surface area (Å²) in [7, 11) is 0. The molecule has 98 valence electrons. The van der Waals surface area contributed by atoms with Gasteiger partial charge in [-0.25, -0.2) is 0 Å². The monoisotopic (exact) mass is 250 g/mol. The number of carbonyl (C=O) groups is 2. The minimum Gasteiger partial charge on any atom is -0.395 e. The maximum absolute atomic E-state index is 11.4. The second kappa shape index (κ2) is 7.45. The summed E-state index contributed by atoms with van der Waals surface area (Å²) in [5.41, 5.74) is 1.11. The summed E-state index contributed by atoms with van der Waals surface area (Å²) < 4.78 is 0. The molecule has 0 spiro atoms. The Balaban J connectivity index is 2.36. The lowest BCUT2D eigenvalue weighted by Crippen LogP contribution is -2.42. The highest BCUT2D eigenvalue weighted by atomic mass is 16.3. The number of hydrogen-bond acceptors (Lipinski definition) is 3. The van der Waals surface area contributed by atoms with Crippen molar-refractivity contribution < 1.29 is 14.7 Å². The zero-order valence-corrected chi connectivity index (χ0v) is 10.3. The van der Waals surface area contributed by atoms with Crippen molar-refractivity contribution >= 4 is 11.8 Å². The predicted molar refractivity (Wildman–Crippen MR) is 68.0 cm³/mol. The molecule has 1 rings (SSSR count). The van der Waals surface area contributed by atoms with Gasteiger partial charge < -0.3 is 15.7 Å². The standard InChI is InChI=1S/C13H18N2O3/c1-10(11-5-3-2-4-6-11)9-15-13(18)12(17)14-7-8-16/h2-6,10,16H,7-9H2,1H3,(H,14,17)(H,15,18)/t10-/m1/s1. The van der Waals surface area contributed by atoms with E-state index < -0.39 is 11.8 Å². The summed E-state index contributed by atoms with van der Waals surface area (Å²) >= 11 is 0. The van der Waals surface area contributed by atoms with E-state index in [0.29, 0.717) is 6.54 Å². The summed E-state index contributed by atoms with van der Waals surface area (Å²) in [5, 5.41) is 13.4. The molecule has 5 nitrogen and oxygen atoms in total. The minimum absolute atomic E-state index is 0.0838. The lowest BCUT2D eigenvalue weighted by Gasteiger charge is -2.12. The molecule has 0 fully saturated rings. The maximum Gasteiger partial charge on any atom is 0.309 e. The van der Waals surface area contributed by atoms with Gasteiger partial charge in [0.25, 0.3) is 0 Å². The molecule has 18 heavy (non-hydrogen) atoms. The van der Waals surface area contributed by atoms with E-state index in [0.717, 1.165) is 5.56 Å². The number of carbonyl (C=O) groups excluding carboxylic acids is 2. The lowest BCUT2D eigenvalue weighted by atomic mass is 10.0. The van der Waals surface area contributed by atoms with Crippen LogP contribution in [0.4, 0.5) is 0 Å². The third-order valence-electron chi connectivity index (χ3n) is 2.54. The van der Waals surface area contributed by atoms with Crippen LogP contribution in [0.15, 0.2) is 30.3 Å². The fourth-order valence-corrected chi connectivity index (χ4v) is 1.48. The third-order valence-corrected chi connectivity index (χ3v) is 2.54. The summed E-state index contributed by atoms with van der Waals surface area (Å²) in [5.74, 6) is -1.25. The van der Waals surface area contributed by atoms with Crippen molar-refractivity contribution in [3.05, 3.63) is 35.9 Å². The molecule has 0 aliphatic heterocycles. The van der Waals surface area contributed by atoms with Crippen LogP contribution in [0, 0.1) is 0 Å². The highest BCUT2D eigenvalue weighted by Gasteiger charge is 2.13. The topological polar surface area (TPSA) is 78.4 Å². The molecule has 3 N–H and O–H groups in total. The van der Waals surface area contributed by atoms with Crippen molar-refractivity contribution in [2.45, 2.75) is 12.8 Å². The van der Waals surface area contributed by atoms with Crippen molar-refractivity contribution in [3.63, 3.8) is 0 Å². The Morgan fingerprint density at radius 2 is 1.78 bits per heavy atom. The van der Waals surface area contributed by atoms with Gasteiger partial charge in [-0.1, -0.05) is 37.3 Å². The number of benzene rings is 1. The molecule has 5 heteroatoms. The Labute approximate surface area is 106 Å². The summed E-state index contributed by atoms with van der Waals surface area (Å²) in [6.45, 7) is 2.27. The summed E-state index contributed by atoms with van der Waals surface area (Å²) in [6.07, 6.45) is 0. The Morgan fingerprint density at radius 1 is 1.17 bits per heavy atom. The van der Waals surface area contributed by atoms with E-state index in [1.165, 1.54) is 0 Å². The fraction of sp³-hybridized carbons (Fsp3) is 0.385.